The van der Waals surface area contributed by atoms with E-state index in [0.717, 1.165) is 0 Å². The number of aliphatic imine (C=N–C) groups is 1. The normalized spacial score (nSPS) is 16.5. The SMILES string of the molecule is N=C(N)NCC/C=C(\NC(=O)[C@H](CCCCN)NC(=O)[C@H](Cc1cnc[nH]1)NC(=O)[C@@H]1CCCN1C(=O)/C(CCCN)=N/C(=O)CNC(=O)[C@@H](NC(=O)[C@@H](NC(=O)[C@@H](N)CCCCN)[C@@H](O)CN)[C@@H](O)CN)C(N)=O. The van der Waals surface area contributed by atoms with Gasteiger partial charge in [-0.1, -0.05) is 12.5 Å². The molecule has 1 saturated heterocycles. The van der Waals surface area contributed by atoms with Crippen LogP contribution < -0.4 is 83.1 Å². The minimum absolute atomic E-state index is 0.0314. The minimum Gasteiger partial charge on any atom is -0.389 e. The number of hydrogen-bond acceptors (Lipinski definition) is 19. The summed E-state index contributed by atoms with van der Waals surface area (Å²) in [6.07, 6.45) is 3.36. The number of aromatic amines is 1. The molecule has 2 rings (SSSR count). The van der Waals surface area contributed by atoms with E-state index in [-0.39, 0.29) is 88.5 Å². The summed E-state index contributed by atoms with van der Waals surface area (Å²) in [4.78, 5) is 133. The number of likely N-dealkylation sites (tertiary alicyclic amines) is 1. The molecule has 75 heavy (non-hydrogen) atoms. The Labute approximate surface area is 433 Å². The molecule has 0 aliphatic carbocycles. The van der Waals surface area contributed by atoms with Gasteiger partial charge in [0.25, 0.3) is 17.7 Å². The third-order valence-corrected chi connectivity index (χ3v) is 11.6. The number of carbonyl (C=O) groups is 9. The Balaban J connectivity index is 2.32. The van der Waals surface area contributed by atoms with Crippen LogP contribution in [0.1, 0.15) is 76.3 Å². The number of nitrogens with one attached hydrogen (secondary N) is 9. The molecule has 0 radical (unpaired) electrons. The molecule has 1 fully saturated rings. The van der Waals surface area contributed by atoms with E-state index in [1.807, 2.05) is 0 Å². The monoisotopic (exact) mass is 1060 g/mol. The molecule has 0 aromatic carbocycles. The first-order valence-corrected chi connectivity index (χ1v) is 24.6. The van der Waals surface area contributed by atoms with Crippen molar-refractivity contribution in [3.05, 3.63) is 30.0 Å². The number of rotatable bonds is 35. The van der Waals surface area contributed by atoms with Crippen LogP contribution in [0.2, 0.25) is 0 Å². The predicted octanol–water partition coefficient (Wildman–Crippen LogP) is -8.71. The first-order chi connectivity index (χ1) is 35.7. The number of amides is 9. The van der Waals surface area contributed by atoms with Gasteiger partial charge in [0.2, 0.25) is 35.4 Å². The summed E-state index contributed by atoms with van der Waals surface area (Å²) < 4.78 is 0. The Kier molecular flexibility index (Phi) is 29.5. The highest BCUT2D eigenvalue weighted by molar-refractivity contribution is 6.40. The Hall–Kier alpha value is -7.00. The zero-order chi connectivity index (χ0) is 56.0. The molecule has 1 aliphatic heterocycles. The summed E-state index contributed by atoms with van der Waals surface area (Å²) in [7, 11) is 0. The first kappa shape index (κ1) is 64.1. The van der Waals surface area contributed by atoms with Crippen LogP contribution in [0.3, 0.4) is 0 Å². The van der Waals surface area contributed by atoms with Crippen molar-refractivity contribution in [3.63, 3.8) is 0 Å². The summed E-state index contributed by atoms with van der Waals surface area (Å²) in [5.74, 6) is -8.64. The lowest BCUT2D eigenvalue weighted by Gasteiger charge is -2.28. The highest BCUT2D eigenvalue weighted by atomic mass is 16.3. The largest absolute Gasteiger partial charge is 0.389 e. The van der Waals surface area contributed by atoms with Gasteiger partial charge in [0.15, 0.2) is 5.96 Å². The molecule has 420 valence electrons. The molecule has 0 unspecified atom stereocenters. The Morgan fingerprint density at radius 3 is 2.00 bits per heavy atom. The Morgan fingerprint density at radius 2 is 1.41 bits per heavy atom. The number of nitrogens with zero attached hydrogens (tertiary/aromatic N) is 3. The van der Waals surface area contributed by atoms with E-state index in [9.17, 15) is 53.4 Å². The molecule has 31 nitrogen and oxygen atoms in total. The van der Waals surface area contributed by atoms with Crippen LogP contribution in [-0.2, 0) is 49.6 Å². The van der Waals surface area contributed by atoms with Crippen molar-refractivity contribution in [1.82, 2.24) is 52.1 Å². The molecule has 8 atom stereocenters. The fourth-order valence-corrected chi connectivity index (χ4v) is 7.46. The van der Waals surface area contributed by atoms with Gasteiger partial charge in [0.1, 0.15) is 41.6 Å². The molecular weight excluding hydrogens is 985 g/mol. The molecule has 27 N–H and O–H groups in total. The third-order valence-electron chi connectivity index (χ3n) is 11.6. The van der Waals surface area contributed by atoms with Gasteiger partial charge in [-0.2, -0.15) is 0 Å². The highest BCUT2D eigenvalue weighted by Gasteiger charge is 2.39. The van der Waals surface area contributed by atoms with Crippen molar-refractivity contribution in [2.45, 2.75) is 126 Å². The molecule has 2 heterocycles. The number of carbonyl (C=O) groups excluding carboxylic acids is 9. The zero-order valence-electron chi connectivity index (χ0n) is 42.0. The van der Waals surface area contributed by atoms with Crippen LogP contribution in [0.25, 0.3) is 0 Å². The number of H-pyrrole nitrogens is 1. The second-order valence-electron chi connectivity index (χ2n) is 17.5. The maximum atomic E-state index is 14.2. The van der Waals surface area contributed by atoms with E-state index in [1.54, 1.807) is 0 Å². The molecule has 31 heteroatoms. The standard InChI is InChI=1S/C44H78N20O11/c45-13-3-1-8-25(50)37(69)62-35(32(66)20-49)42(74)63-34(31(65)19-48)41(73)56-22-33(67)58-28(10-5-15-47)43(75)64-17-7-12-30(64)40(72)61-29(18-24-21-54-23-57-24)39(71)60-27(9-2-4-14-46)38(70)59-26(36(51)68)11-6-16-55-44(52)53/h11,21,23,25,27,29-32,34-35,65-66H,1-10,12-20,22,45-50H2,(H2,51,68)(H,54,57)(H,56,73)(H,59,70)(H,60,71)(H,61,72)(H,62,69)(H,63,74)(H4,52,53,55)/b26-11-,58-28+/t25-,27-,29-,30-,31-,32-,34-,35-/m0/s1. The van der Waals surface area contributed by atoms with Crippen molar-refractivity contribution >= 4 is 64.8 Å². The van der Waals surface area contributed by atoms with Gasteiger partial charge in [-0.25, -0.2) is 9.98 Å². The van der Waals surface area contributed by atoms with Crippen LogP contribution in [-0.4, -0.2) is 191 Å². The summed E-state index contributed by atoms with van der Waals surface area (Å²) in [5, 5.41) is 45.5. The fraction of sp³-hybridized carbons (Fsp3) is 0.636. The second-order valence-corrected chi connectivity index (χ2v) is 17.5. The topological polar surface area (TPSA) is 555 Å². The Bertz CT molecular complexity index is 2130. The van der Waals surface area contributed by atoms with Crippen LogP contribution in [0.4, 0.5) is 0 Å². The maximum Gasteiger partial charge on any atom is 0.269 e. The van der Waals surface area contributed by atoms with Crippen LogP contribution >= 0.6 is 0 Å². The highest BCUT2D eigenvalue weighted by Crippen LogP contribution is 2.20. The first-order valence-electron chi connectivity index (χ1n) is 24.6. The van der Waals surface area contributed by atoms with Crippen molar-refractivity contribution in [2.24, 2.45) is 50.9 Å². The van der Waals surface area contributed by atoms with E-state index >= 15 is 0 Å². The molecule has 9 amide bonds. The lowest BCUT2D eigenvalue weighted by molar-refractivity contribution is -0.136. The number of aliphatic hydroxyl groups excluding tert-OH is 2. The number of guanidine groups is 1. The van der Waals surface area contributed by atoms with E-state index in [1.165, 1.54) is 23.5 Å². The lowest BCUT2D eigenvalue weighted by atomic mass is 10.1. The number of hydrogen-bond donors (Lipinski definition) is 19. The number of imidazole rings is 1. The number of primary amides is 1. The van der Waals surface area contributed by atoms with Crippen molar-refractivity contribution in [2.75, 3.05) is 52.4 Å². The number of aromatic nitrogens is 2. The third kappa shape index (κ3) is 22.6. The van der Waals surface area contributed by atoms with Gasteiger partial charge in [0, 0.05) is 44.5 Å². The number of nitrogens with two attached hydrogens (primary N) is 8. The molecule has 1 aromatic heterocycles. The van der Waals surface area contributed by atoms with Crippen molar-refractivity contribution in [3.8, 4) is 0 Å². The van der Waals surface area contributed by atoms with Crippen LogP contribution in [0.15, 0.2) is 29.3 Å². The quantitative estimate of drug-likeness (QED) is 0.0130. The van der Waals surface area contributed by atoms with E-state index in [0.29, 0.717) is 44.3 Å². The zero-order valence-corrected chi connectivity index (χ0v) is 42.0. The lowest BCUT2D eigenvalue weighted by Crippen LogP contribution is -2.63. The van der Waals surface area contributed by atoms with Gasteiger partial charge >= 0.3 is 0 Å². The smallest absolute Gasteiger partial charge is 0.269 e. The summed E-state index contributed by atoms with van der Waals surface area (Å²) in [5.41, 5.74) is 44.6. The van der Waals surface area contributed by atoms with Gasteiger partial charge in [-0.15, -0.1) is 0 Å². The van der Waals surface area contributed by atoms with Crippen LogP contribution in [0, 0.1) is 5.41 Å². The molecule has 0 bridgehead atoms. The maximum absolute atomic E-state index is 14.2. The van der Waals surface area contributed by atoms with Gasteiger partial charge in [0.05, 0.1) is 31.1 Å². The molecular formula is C44H78N20O11. The molecule has 1 aliphatic rings. The fourth-order valence-electron chi connectivity index (χ4n) is 7.46. The summed E-state index contributed by atoms with van der Waals surface area (Å²) in [6.45, 7) is -1.07. The van der Waals surface area contributed by atoms with E-state index < -0.39 is 121 Å². The summed E-state index contributed by atoms with van der Waals surface area (Å²) >= 11 is 0. The van der Waals surface area contributed by atoms with Gasteiger partial charge in [-0.05, 0) is 83.8 Å². The number of unbranched alkanes of at least 4 members (excludes halogenated alkanes) is 2. The predicted molar refractivity (Wildman–Crippen MR) is 272 cm³/mol. The molecule has 1 aromatic rings. The van der Waals surface area contributed by atoms with E-state index in [2.05, 4.69) is 52.2 Å². The Morgan fingerprint density at radius 1 is 0.787 bits per heavy atom. The van der Waals surface area contributed by atoms with Gasteiger partial charge in [-0.3, -0.25) is 48.6 Å². The number of aliphatic hydroxyl groups is 2. The van der Waals surface area contributed by atoms with Gasteiger partial charge < -0.3 is 103 Å². The average molecular weight is 1060 g/mol. The average Bonchev–Trinajstić information content (AvgIpc) is 4.10. The molecule has 0 saturated carbocycles. The van der Waals surface area contributed by atoms with Crippen molar-refractivity contribution < 1.29 is 53.4 Å². The summed E-state index contributed by atoms with van der Waals surface area (Å²) in [6, 6.07) is -8.46. The molecule has 0 spiro atoms. The van der Waals surface area contributed by atoms with Crippen LogP contribution in [0.5, 0.6) is 0 Å². The van der Waals surface area contributed by atoms with Crippen molar-refractivity contribution in [1.29, 1.82) is 5.41 Å². The minimum atomic E-state index is -1.84. The second kappa shape index (κ2) is 34.5. The van der Waals surface area contributed by atoms with E-state index in [4.69, 9.17) is 51.3 Å².